The number of primary amides is 1. The fourth-order valence-corrected chi connectivity index (χ4v) is 9.86. The molecule has 5 nitrogen and oxygen atoms in total. The monoisotopic (exact) mass is 473 g/mol. The van der Waals surface area contributed by atoms with Gasteiger partial charge in [-0.2, -0.15) is 0 Å². The number of carbonyl (C=O) groups is 2. The van der Waals surface area contributed by atoms with Crippen molar-refractivity contribution >= 4 is 22.7 Å². The minimum absolute atomic E-state index is 0.00728. The molecule has 0 bridgehead atoms. The highest BCUT2D eigenvalue weighted by atomic mass is 16.2. The molecule has 2 heterocycles. The zero-order chi connectivity index (χ0) is 24.8. The molecular formula is C30H39N3O2. The first-order valence-electron chi connectivity index (χ1n) is 13.5. The van der Waals surface area contributed by atoms with E-state index in [9.17, 15) is 9.59 Å². The minimum atomic E-state index is -0.555. The molecule has 0 saturated heterocycles. The number of hydrogen-bond donors (Lipinski definition) is 2. The van der Waals surface area contributed by atoms with Gasteiger partial charge in [-0.25, -0.2) is 0 Å². The molecule has 35 heavy (non-hydrogen) atoms. The number of nitrogens with two attached hydrogens (primary N) is 1. The van der Waals surface area contributed by atoms with Gasteiger partial charge in [-0.1, -0.05) is 45.0 Å². The Morgan fingerprint density at radius 2 is 1.86 bits per heavy atom. The molecule has 3 unspecified atom stereocenters. The van der Waals surface area contributed by atoms with Crippen LogP contribution in [0.25, 0.3) is 10.9 Å². The Morgan fingerprint density at radius 1 is 1.11 bits per heavy atom. The summed E-state index contributed by atoms with van der Waals surface area (Å²) in [7, 11) is 1.97. The summed E-state index contributed by atoms with van der Waals surface area (Å²) in [6.07, 6.45) is 12.3. The van der Waals surface area contributed by atoms with Crippen LogP contribution in [-0.4, -0.2) is 34.8 Å². The van der Waals surface area contributed by atoms with E-state index in [2.05, 4.69) is 56.2 Å². The van der Waals surface area contributed by atoms with Crippen LogP contribution >= 0.6 is 0 Å². The second-order valence-corrected chi connectivity index (χ2v) is 12.5. The van der Waals surface area contributed by atoms with Crippen molar-refractivity contribution in [1.82, 2.24) is 9.88 Å². The van der Waals surface area contributed by atoms with Gasteiger partial charge in [-0.15, -0.1) is 0 Å². The van der Waals surface area contributed by atoms with Crippen molar-refractivity contribution in [3.05, 3.63) is 48.2 Å². The van der Waals surface area contributed by atoms with Gasteiger partial charge in [0, 0.05) is 35.6 Å². The molecule has 4 aliphatic rings. The maximum atomic E-state index is 13.5. The SMILES string of the molecule is CC(c1c[nH]c2ccccc12)C1(C(N)=O)CC[C@H]2[C@@H]3CCC4N(C)C(=O)C=C[C@]4(C)[C@@H]3CC[C@@]21C. The number of hydrogen-bond acceptors (Lipinski definition) is 2. The Kier molecular flexibility index (Phi) is 4.88. The van der Waals surface area contributed by atoms with Crippen LogP contribution in [0.3, 0.4) is 0 Å². The summed E-state index contributed by atoms with van der Waals surface area (Å²) in [5.41, 5.74) is 8.07. The van der Waals surface area contributed by atoms with Crippen LogP contribution in [0.2, 0.25) is 0 Å². The van der Waals surface area contributed by atoms with E-state index in [-0.39, 0.29) is 34.6 Å². The first kappa shape index (κ1) is 22.9. The number of rotatable bonds is 3. The third-order valence-electron chi connectivity index (χ3n) is 11.7. The van der Waals surface area contributed by atoms with Gasteiger partial charge in [0.2, 0.25) is 11.8 Å². The van der Waals surface area contributed by atoms with Crippen LogP contribution < -0.4 is 5.73 Å². The molecule has 3 fully saturated rings. The Bertz CT molecular complexity index is 1230. The number of aromatic amines is 1. The highest BCUT2D eigenvalue weighted by Gasteiger charge is 2.68. The molecule has 186 valence electrons. The molecule has 0 radical (unpaired) electrons. The molecule has 3 N–H and O–H groups in total. The first-order chi connectivity index (χ1) is 16.6. The lowest BCUT2D eigenvalue weighted by Gasteiger charge is -2.61. The molecule has 5 heteroatoms. The molecule has 1 aromatic carbocycles. The summed E-state index contributed by atoms with van der Waals surface area (Å²) in [5.74, 6) is 1.65. The van der Waals surface area contributed by atoms with E-state index in [4.69, 9.17) is 5.73 Å². The number of benzene rings is 1. The predicted octanol–water partition coefficient (Wildman–Crippen LogP) is 5.38. The van der Waals surface area contributed by atoms with Gasteiger partial charge in [0.15, 0.2) is 0 Å². The number of likely N-dealkylation sites (N-methyl/N-ethyl adjacent to an activating group) is 1. The summed E-state index contributed by atoms with van der Waals surface area (Å²) >= 11 is 0. The number of nitrogens with one attached hydrogen (secondary N) is 1. The molecule has 2 aromatic rings. The average molecular weight is 474 g/mol. The zero-order valence-corrected chi connectivity index (χ0v) is 21.5. The van der Waals surface area contributed by atoms with Crippen molar-refractivity contribution in [2.75, 3.05) is 7.05 Å². The van der Waals surface area contributed by atoms with Gasteiger partial charge in [0.05, 0.1) is 5.41 Å². The number of nitrogens with zero attached hydrogens (tertiary/aromatic N) is 1. The van der Waals surface area contributed by atoms with Gasteiger partial charge in [-0.3, -0.25) is 9.59 Å². The Hall–Kier alpha value is -2.56. The molecule has 2 amide bonds. The fraction of sp³-hybridized carbons (Fsp3) is 0.600. The summed E-state index contributed by atoms with van der Waals surface area (Å²) < 4.78 is 0. The predicted molar refractivity (Wildman–Crippen MR) is 138 cm³/mol. The third-order valence-corrected chi connectivity index (χ3v) is 11.7. The van der Waals surface area contributed by atoms with Crippen LogP contribution in [0.4, 0.5) is 0 Å². The van der Waals surface area contributed by atoms with Crippen molar-refractivity contribution in [3.8, 4) is 0 Å². The van der Waals surface area contributed by atoms with Crippen molar-refractivity contribution in [3.63, 3.8) is 0 Å². The van der Waals surface area contributed by atoms with Crippen molar-refractivity contribution in [1.29, 1.82) is 0 Å². The lowest BCUT2D eigenvalue weighted by Crippen LogP contribution is -2.61. The van der Waals surface area contributed by atoms with E-state index >= 15 is 0 Å². The summed E-state index contributed by atoms with van der Waals surface area (Å²) in [5, 5.41) is 1.20. The summed E-state index contributed by atoms with van der Waals surface area (Å²) in [6.45, 7) is 7.00. The molecular weight excluding hydrogens is 434 g/mol. The number of H-pyrrole nitrogens is 1. The summed E-state index contributed by atoms with van der Waals surface area (Å²) in [4.78, 5) is 31.4. The number of aromatic nitrogens is 1. The van der Waals surface area contributed by atoms with E-state index in [1.165, 1.54) is 10.9 Å². The smallest absolute Gasteiger partial charge is 0.246 e. The van der Waals surface area contributed by atoms with E-state index in [0.717, 1.165) is 44.0 Å². The highest BCUT2D eigenvalue weighted by molar-refractivity contribution is 5.89. The number of carbonyl (C=O) groups excluding carboxylic acids is 2. The minimum Gasteiger partial charge on any atom is -0.369 e. The quantitative estimate of drug-likeness (QED) is 0.627. The van der Waals surface area contributed by atoms with Crippen molar-refractivity contribution < 1.29 is 9.59 Å². The normalized spacial score (nSPS) is 41.4. The molecule has 1 aliphatic heterocycles. The molecule has 6 rings (SSSR count). The average Bonchev–Trinajstić information content (AvgIpc) is 3.40. The van der Waals surface area contributed by atoms with Gasteiger partial charge in [0.25, 0.3) is 0 Å². The van der Waals surface area contributed by atoms with Crippen LogP contribution in [0, 0.1) is 34.0 Å². The van der Waals surface area contributed by atoms with E-state index in [1.54, 1.807) is 6.08 Å². The zero-order valence-electron chi connectivity index (χ0n) is 21.5. The van der Waals surface area contributed by atoms with Gasteiger partial charge < -0.3 is 15.6 Å². The van der Waals surface area contributed by atoms with Crippen LogP contribution in [-0.2, 0) is 9.59 Å². The Labute approximate surface area is 208 Å². The van der Waals surface area contributed by atoms with Gasteiger partial charge in [-0.05, 0) is 85.3 Å². The van der Waals surface area contributed by atoms with Gasteiger partial charge in [0.1, 0.15) is 0 Å². The molecule has 3 aliphatic carbocycles. The van der Waals surface area contributed by atoms with Crippen molar-refractivity contribution in [2.24, 2.45) is 39.7 Å². The van der Waals surface area contributed by atoms with E-state index in [0.29, 0.717) is 17.8 Å². The van der Waals surface area contributed by atoms with Crippen molar-refractivity contribution in [2.45, 2.75) is 71.3 Å². The fourth-order valence-electron chi connectivity index (χ4n) is 9.86. The number of fused-ring (bicyclic) bond motifs is 6. The first-order valence-corrected chi connectivity index (χ1v) is 13.5. The maximum Gasteiger partial charge on any atom is 0.246 e. The second-order valence-electron chi connectivity index (χ2n) is 12.5. The van der Waals surface area contributed by atoms with E-state index in [1.807, 2.05) is 18.0 Å². The van der Waals surface area contributed by atoms with Crippen LogP contribution in [0.15, 0.2) is 42.6 Å². The molecule has 8 atom stereocenters. The largest absolute Gasteiger partial charge is 0.369 e. The maximum absolute atomic E-state index is 13.5. The summed E-state index contributed by atoms with van der Waals surface area (Å²) in [6, 6.07) is 8.66. The third kappa shape index (κ3) is 2.76. The van der Waals surface area contributed by atoms with Crippen LogP contribution in [0.1, 0.15) is 70.8 Å². The molecule has 3 saturated carbocycles. The topological polar surface area (TPSA) is 79.2 Å². The van der Waals surface area contributed by atoms with E-state index < -0.39 is 5.41 Å². The molecule has 1 aromatic heterocycles. The van der Waals surface area contributed by atoms with Crippen LogP contribution in [0.5, 0.6) is 0 Å². The lowest BCUT2D eigenvalue weighted by atomic mass is 9.44. The Morgan fingerprint density at radius 3 is 2.63 bits per heavy atom. The number of amides is 2. The second kappa shape index (κ2) is 7.47. The van der Waals surface area contributed by atoms with Gasteiger partial charge >= 0.3 is 0 Å². The standard InChI is InChI=1S/C30H39N3O2/c1-18(21-17-32-24-8-6-5-7-19(21)24)30(27(31)35)16-12-23-20-9-10-25-28(2,14-13-26(34)33(25)4)22(20)11-15-29(23,30)3/h5-8,13-14,17-18,20,22-23,25,32H,9-12,15-16H2,1-4H3,(H2,31,35)/t18?,20-,22-,23+,25?,28-,29+,30?/m1/s1. The lowest BCUT2D eigenvalue weighted by molar-refractivity contribution is -0.152. The highest BCUT2D eigenvalue weighted by Crippen LogP contribution is 2.72. The Balaban J connectivity index is 1.40. The molecule has 0 spiro atoms. The number of para-hydroxylation sites is 1.